The molecule has 0 heterocycles. The summed E-state index contributed by atoms with van der Waals surface area (Å²) < 4.78 is 0. The first-order chi connectivity index (χ1) is 7.80. The lowest BCUT2D eigenvalue weighted by Gasteiger charge is -2.69. The first-order valence-electron chi connectivity index (χ1n) is 6.72. The van der Waals surface area contributed by atoms with Crippen LogP contribution in [-0.4, -0.2) is 17.0 Å². The highest BCUT2D eigenvalue weighted by molar-refractivity contribution is 5.95. The summed E-state index contributed by atoms with van der Waals surface area (Å²) >= 11 is 0. The van der Waals surface area contributed by atoms with E-state index in [1.807, 2.05) is 0 Å². The summed E-state index contributed by atoms with van der Waals surface area (Å²) in [7, 11) is 0. The minimum atomic E-state index is -0.308. The minimum absolute atomic E-state index is 0.0468. The van der Waals surface area contributed by atoms with E-state index in [1.54, 1.807) is 6.08 Å². The third-order valence-corrected chi connectivity index (χ3v) is 5.91. The number of hydrogen-bond acceptors (Lipinski definition) is 2. The van der Waals surface area contributed by atoms with Gasteiger partial charge in [-0.25, -0.2) is 0 Å². The predicted octanol–water partition coefficient (Wildman–Crippen LogP) is 2.42. The summed E-state index contributed by atoms with van der Waals surface area (Å²) in [5, 5.41) is 10.4. The van der Waals surface area contributed by atoms with Crippen LogP contribution in [0, 0.1) is 34.5 Å². The molecule has 0 radical (unpaired) electrons. The summed E-state index contributed by atoms with van der Waals surface area (Å²) in [4.78, 5) is 12.2. The average Bonchev–Trinajstić information content (AvgIpc) is 2.32. The number of aliphatic hydroxyl groups is 1. The Hall–Kier alpha value is -0.630. The number of hydrogen-bond donors (Lipinski definition) is 1. The van der Waals surface area contributed by atoms with Gasteiger partial charge in [-0.1, -0.05) is 33.8 Å². The third kappa shape index (κ3) is 1.13. The number of fused-ring (bicyclic) bond motifs is 2. The second kappa shape index (κ2) is 3.03. The van der Waals surface area contributed by atoms with Crippen molar-refractivity contribution >= 4 is 5.78 Å². The van der Waals surface area contributed by atoms with Gasteiger partial charge < -0.3 is 5.11 Å². The van der Waals surface area contributed by atoms with Gasteiger partial charge in [0.2, 0.25) is 0 Å². The summed E-state index contributed by atoms with van der Waals surface area (Å²) in [5.41, 5.74) is -0.261. The van der Waals surface area contributed by atoms with Crippen LogP contribution in [0.5, 0.6) is 0 Å². The summed E-state index contributed by atoms with van der Waals surface area (Å²) in [6.45, 7) is 8.57. The molecule has 4 rings (SSSR count). The molecule has 0 aromatic heterocycles. The van der Waals surface area contributed by atoms with Gasteiger partial charge in [-0.2, -0.15) is 0 Å². The van der Waals surface area contributed by atoms with Gasteiger partial charge in [0.1, 0.15) is 0 Å². The number of aliphatic hydroxyl groups excluding tert-OH is 1. The first-order valence-corrected chi connectivity index (χ1v) is 6.72. The molecule has 4 bridgehead atoms. The Morgan fingerprint density at radius 2 is 1.88 bits per heavy atom. The van der Waals surface area contributed by atoms with E-state index in [-0.39, 0.29) is 28.6 Å². The first kappa shape index (κ1) is 11.5. The van der Waals surface area contributed by atoms with Gasteiger partial charge in [-0.05, 0) is 41.6 Å². The fourth-order valence-electron chi connectivity index (χ4n) is 5.15. The van der Waals surface area contributed by atoms with E-state index < -0.39 is 0 Å². The molecule has 4 aliphatic carbocycles. The molecule has 0 saturated heterocycles. The van der Waals surface area contributed by atoms with Crippen molar-refractivity contribution in [3.63, 3.8) is 0 Å². The Bertz CT molecular complexity index is 391. The molecule has 0 amide bonds. The van der Waals surface area contributed by atoms with Crippen molar-refractivity contribution in [1.29, 1.82) is 0 Å². The van der Waals surface area contributed by atoms with Crippen LogP contribution < -0.4 is 0 Å². The molecule has 0 aromatic rings. The number of ketones is 1. The normalized spacial score (nSPS) is 55.1. The van der Waals surface area contributed by atoms with Crippen molar-refractivity contribution in [3.05, 3.63) is 12.2 Å². The van der Waals surface area contributed by atoms with E-state index in [2.05, 4.69) is 33.8 Å². The highest BCUT2D eigenvalue weighted by Crippen LogP contribution is 2.71. The molecule has 17 heavy (non-hydrogen) atoms. The van der Waals surface area contributed by atoms with Gasteiger partial charge in [0.25, 0.3) is 0 Å². The maximum Gasteiger partial charge on any atom is 0.161 e. The fraction of sp³-hybridized carbons (Fsp3) is 0.800. The molecular weight excluding hydrogens is 212 g/mol. The predicted molar refractivity (Wildman–Crippen MR) is 66.3 cm³/mol. The Labute approximate surface area is 103 Å². The highest BCUT2D eigenvalue weighted by Gasteiger charge is 2.70. The van der Waals surface area contributed by atoms with Crippen LogP contribution in [0.3, 0.4) is 0 Å². The van der Waals surface area contributed by atoms with Crippen LogP contribution in [0.1, 0.15) is 34.1 Å². The van der Waals surface area contributed by atoms with Crippen molar-refractivity contribution in [2.45, 2.75) is 40.2 Å². The van der Waals surface area contributed by atoms with E-state index in [9.17, 15) is 9.90 Å². The largest absolute Gasteiger partial charge is 0.393 e. The molecule has 2 heteroatoms. The fourth-order valence-corrected chi connectivity index (χ4v) is 5.15. The van der Waals surface area contributed by atoms with Gasteiger partial charge in [-0.3, -0.25) is 4.79 Å². The van der Waals surface area contributed by atoms with Crippen molar-refractivity contribution < 1.29 is 9.90 Å². The minimum Gasteiger partial charge on any atom is -0.393 e. The molecule has 94 valence electrons. The van der Waals surface area contributed by atoms with Crippen molar-refractivity contribution in [1.82, 2.24) is 0 Å². The van der Waals surface area contributed by atoms with E-state index in [1.165, 1.54) is 0 Å². The van der Waals surface area contributed by atoms with Crippen LogP contribution >= 0.6 is 0 Å². The third-order valence-electron chi connectivity index (χ3n) is 5.91. The standard InChI is InChI=1S/C15H22O2/c1-8-7-9(16)12-13-11(8)15(12,4)6-5-10(17)14(13,2)3/h5-6,8-9,11-13,16H,7H2,1-4H3/t8-,9+,11-,12+,13-,15+/m0/s1. The molecule has 0 aliphatic heterocycles. The maximum atomic E-state index is 12.2. The van der Waals surface area contributed by atoms with Crippen molar-refractivity contribution in [2.75, 3.05) is 0 Å². The molecule has 1 N–H and O–H groups in total. The zero-order valence-corrected chi connectivity index (χ0v) is 11.1. The van der Waals surface area contributed by atoms with Crippen LogP contribution in [0.25, 0.3) is 0 Å². The van der Waals surface area contributed by atoms with Gasteiger partial charge in [0.05, 0.1) is 6.10 Å². The molecule has 6 atom stereocenters. The quantitative estimate of drug-likeness (QED) is 0.699. The lowest BCUT2D eigenvalue weighted by molar-refractivity contribution is -0.232. The van der Waals surface area contributed by atoms with Gasteiger partial charge in [-0.15, -0.1) is 0 Å². The van der Waals surface area contributed by atoms with Crippen LogP contribution in [-0.2, 0) is 4.79 Å². The lowest BCUT2D eigenvalue weighted by Crippen LogP contribution is -2.68. The highest BCUT2D eigenvalue weighted by atomic mass is 16.3. The topological polar surface area (TPSA) is 37.3 Å². The second-order valence-electron chi connectivity index (χ2n) is 7.14. The number of carbonyl (C=O) groups excluding carboxylic acids is 1. The molecule has 4 aliphatic rings. The number of carbonyl (C=O) groups is 1. The Morgan fingerprint density at radius 1 is 1.24 bits per heavy atom. The summed E-state index contributed by atoms with van der Waals surface area (Å²) in [6.07, 6.45) is 4.53. The monoisotopic (exact) mass is 234 g/mol. The molecule has 0 unspecified atom stereocenters. The molecule has 2 nitrogen and oxygen atoms in total. The van der Waals surface area contributed by atoms with Gasteiger partial charge in [0.15, 0.2) is 5.78 Å². The van der Waals surface area contributed by atoms with Crippen LogP contribution in [0.15, 0.2) is 12.2 Å². The maximum absolute atomic E-state index is 12.2. The average molecular weight is 234 g/mol. The second-order valence-corrected chi connectivity index (χ2v) is 7.14. The Kier molecular flexibility index (Phi) is 2.04. The van der Waals surface area contributed by atoms with E-state index in [4.69, 9.17) is 0 Å². The zero-order chi connectivity index (χ0) is 12.6. The molecule has 3 saturated carbocycles. The van der Waals surface area contributed by atoms with Crippen molar-refractivity contribution in [3.8, 4) is 0 Å². The number of allylic oxidation sites excluding steroid dienone is 2. The lowest BCUT2D eigenvalue weighted by atomic mass is 9.35. The Morgan fingerprint density at radius 3 is 2.47 bits per heavy atom. The Balaban J connectivity index is 2.13. The molecule has 0 aromatic carbocycles. The SMILES string of the molecule is C[C@H]1C[C@@H](O)[C@@H]2[C@@H]3[C@H]1[C@@]2(C)C=CC(=O)C3(C)C. The summed E-state index contributed by atoms with van der Waals surface area (Å²) in [5.74, 6) is 1.95. The zero-order valence-electron chi connectivity index (χ0n) is 11.1. The van der Waals surface area contributed by atoms with Crippen LogP contribution in [0.2, 0.25) is 0 Å². The molecular formula is C15H22O2. The van der Waals surface area contributed by atoms with Crippen molar-refractivity contribution in [2.24, 2.45) is 34.5 Å². The van der Waals surface area contributed by atoms with Crippen LogP contribution in [0.4, 0.5) is 0 Å². The van der Waals surface area contributed by atoms with E-state index in [0.717, 1.165) is 6.42 Å². The summed E-state index contributed by atoms with van der Waals surface area (Å²) in [6, 6.07) is 0. The molecule has 0 spiro atoms. The number of rotatable bonds is 0. The van der Waals surface area contributed by atoms with Gasteiger partial charge >= 0.3 is 0 Å². The smallest absolute Gasteiger partial charge is 0.161 e. The van der Waals surface area contributed by atoms with Gasteiger partial charge in [0, 0.05) is 5.41 Å². The molecule has 3 fully saturated rings. The van der Waals surface area contributed by atoms with E-state index in [0.29, 0.717) is 17.8 Å². The van der Waals surface area contributed by atoms with E-state index >= 15 is 0 Å².